The summed E-state index contributed by atoms with van der Waals surface area (Å²) < 4.78 is 1.90. The van der Waals surface area contributed by atoms with Gasteiger partial charge in [0.25, 0.3) is 0 Å². The van der Waals surface area contributed by atoms with E-state index in [1.807, 2.05) is 12.1 Å². The second-order valence-electron chi connectivity index (χ2n) is 3.53. The van der Waals surface area contributed by atoms with E-state index in [0.717, 1.165) is 25.3 Å². The summed E-state index contributed by atoms with van der Waals surface area (Å²) in [4.78, 5) is 8.56. The number of fused-ring (bicyclic) bond motifs is 1. The highest BCUT2D eigenvalue weighted by atomic mass is 79.9. The number of aromatic hydroxyl groups is 1. The molecule has 3 aromatic rings. The van der Waals surface area contributed by atoms with Gasteiger partial charge in [0.05, 0.1) is 10.2 Å². The smallest absolute Gasteiger partial charge is 0.125 e. The summed E-state index contributed by atoms with van der Waals surface area (Å²) in [5.41, 5.74) is 1.91. The molecule has 2 aromatic heterocycles. The lowest BCUT2D eigenvalue weighted by molar-refractivity contribution is 0.476. The third kappa shape index (κ3) is 1.92. The Morgan fingerprint density at radius 2 is 2.12 bits per heavy atom. The Bertz CT molecular complexity index is 696. The van der Waals surface area contributed by atoms with Crippen LogP contribution in [0, 0.1) is 0 Å². The van der Waals surface area contributed by atoms with Crippen LogP contribution in [-0.2, 0) is 0 Å². The molecule has 0 bridgehead atoms. The molecule has 0 spiro atoms. The van der Waals surface area contributed by atoms with E-state index >= 15 is 0 Å². The van der Waals surface area contributed by atoms with Gasteiger partial charge in [0, 0.05) is 22.4 Å². The summed E-state index contributed by atoms with van der Waals surface area (Å²) in [5.74, 6) is 0.265. The van der Waals surface area contributed by atoms with Gasteiger partial charge in [0.2, 0.25) is 0 Å². The molecular formula is C12H7BrN2OS. The molecule has 0 unspecified atom stereocenters. The summed E-state index contributed by atoms with van der Waals surface area (Å²) in [6.45, 7) is 0. The number of aromatic nitrogens is 2. The number of benzene rings is 1. The predicted molar refractivity (Wildman–Crippen MR) is 72.2 cm³/mol. The molecular weight excluding hydrogens is 300 g/mol. The van der Waals surface area contributed by atoms with Crippen molar-refractivity contribution in [2.75, 3.05) is 0 Å². The largest absolute Gasteiger partial charge is 0.508 e. The maximum absolute atomic E-state index is 9.42. The predicted octanol–water partition coefficient (Wildman–Crippen LogP) is 3.83. The molecule has 84 valence electrons. The monoisotopic (exact) mass is 306 g/mol. The molecule has 1 aromatic carbocycles. The molecule has 0 saturated heterocycles. The van der Waals surface area contributed by atoms with Gasteiger partial charge < -0.3 is 5.11 Å². The number of phenolic OH excluding ortho intramolecular Hbond substituents is 1. The van der Waals surface area contributed by atoms with Crippen molar-refractivity contribution in [1.29, 1.82) is 0 Å². The summed E-state index contributed by atoms with van der Waals surface area (Å²) >= 11 is 5.01. The van der Waals surface area contributed by atoms with Gasteiger partial charge in [-0.25, -0.2) is 4.98 Å². The highest BCUT2D eigenvalue weighted by Crippen LogP contribution is 2.34. The molecule has 0 fully saturated rings. The van der Waals surface area contributed by atoms with Crippen LogP contribution in [0.25, 0.3) is 20.8 Å². The van der Waals surface area contributed by atoms with Gasteiger partial charge in [0.15, 0.2) is 0 Å². The topological polar surface area (TPSA) is 46.0 Å². The molecule has 3 nitrogen and oxygen atoms in total. The fourth-order valence-electron chi connectivity index (χ4n) is 1.58. The van der Waals surface area contributed by atoms with E-state index in [2.05, 4.69) is 25.9 Å². The Kier molecular flexibility index (Phi) is 2.57. The Balaban J connectivity index is 2.22. The first kappa shape index (κ1) is 10.7. The van der Waals surface area contributed by atoms with Crippen molar-refractivity contribution in [3.8, 4) is 16.3 Å². The zero-order valence-corrected chi connectivity index (χ0v) is 11.0. The Morgan fingerprint density at radius 1 is 1.24 bits per heavy atom. The lowest BCUT2D eigenvalue weighted by Gasteiger charge is -1.97. The van der Waals surface area contributed by atoms with E-state index in [4.69, 9.17) is 0 Å². The van der Waals surface area contributed by atoms with Crippen molar-refractivity contribution in [2.45, 2.75) is 0 Å². The van der Waals surface area contributed by atoms with Crippen LogP contribution >= 0.6 is 27.3 Å². The van der Waals surface area contributed by atoms with E-state index in [9.17, 15) is 5.11 Å². The number of hydrogen-bond donors (Lipinski definition) is 1. The van der Waals surface area contributed by atoms with Crippen LogP contribution < -0.4 is 0 Å². The average Bonchev–Trinajstić information content (AvgIpc) is 2.72. The van der Waals surface area contributed by atoms with Gasteiger partial charge in [-0.15, -0.1) is 11.3 Å². The minimum absolute atomic E-state index is 0.265. The zero-order chi connectivity index (χ0) is 11.8. The molecule has 0 amide bonds. The summed E-state index contributed by atoms with van der Waals surface area (Å²) in [6.07, 6.45) is 3.49. The minimum atomic E-state index is 0.265. The summed E-state index contributed by atoms with van der Waals surface area (Å²) in [5, 5.41) is 10.3. The molecule has 0 aliphatic heterocycles. The van der Waals surface area contributed by atoms with E-state index in [1.54, 1.807) is 35.9 Å². The molecule has 1 N–H and O–H groups in total. The van der Waals surface area contributed by atoms with Crippen LogP contribution in [-0.4, -0.2) is 15.1 Å². The van der Waals surface area contributed by atoms with E-state index in [-0.39, 0.29) is 5.75 Å². The van der Waals surface area contributed by atoms with Crippen molar-refractivity contribution in [3.63, 3.8) is 0 Å². The molecule has 0 aliphatic carbocycles. The van der Waals surface area contributed by atoms with Crippen molar-refractivity contribution < 1.29 is 5.11 Å². The van der Waals surface area contributed by atoms with Gasteiger partial charge in [-0.05, 0) is 40.2 Å². The number of hydrogen-bond acceptors (Lipinski definition) is 4. The van der Waals surface area contributed by atoms with E-state index in [1.165, 1.54) is 0 Å². The van der Waals surface area contributed by atoms with Gasteiger partial charge in [0.1, 0.15) is 10.8 Å². The quantitative estimate of drug-likeness (QED) is 0.743. The summed E-state index contributed by atoms with van der Waals surface area (Å²) in [6, 6.07) is 7.11. The lowest BCUT2D eigenvalue weighted by atomic mass is 10.3. The van der Waals surface area contributed by atoms with E-state index < -0.39 is 0 Å². The number of thiazole rings is 1. The number of rotatable bonds is 1. The van der Waals surface area contributed by atoms with Gasteiger partial charge >= 0.3 is 0 Å². The minimum Gasteiger partial charge on any atom is -0.508 e. The molecule has 0 atom stereocenters. The number of halogens is 1. The third-order valence-electron chi connectivity index (χ3n) is 2.37. The second-order valence-corrected chi connectivity index (χ2v) is 5.41. The first-order valence-electron chi connectivity index (χ1n) is 4.93. The first-order valence-corrected chi connectivity index (χ1v) is 6.54. The normalized spacial score (nSPS) is 10.9. The SMILES string of the molecule is Oc1ccc2nc(-c3ccncc3Br)sc2c1. The molecule has 0 radical (unpaired) electrons. The van der Waals surface area contributed by atoms with Crippen LogP contribution in [0.3, 0.4) is 0 Å². The summed E-state index contributed by atoms with van der Waals surface area (Å²) in [7, 11) is 0. The lowest BCUT2D eigenvalue weighted by Crippen LogP contribution is -1.79. The Hall–Kier alpha value is -1.46. The van der Waals surface area contributed by atoms with Gasteiger partial charge in [-0.1, -0.05) is 0 Å². The molecule has 0 saturated carbocycles. The van der Waals surface area contributed by atoms with Crippen LogP contribution in [0.1, 0.15) is 0 Å². The third-order valence-corrected chi connectivity index (χ3v) is 4.06. The second kappa shape index (κ2) is 4.09. The van der Waals surface area contributed by atoms with Crippen LogP contribution in [0.2, 0.25) is 0 Å². The number of pyridine rings is 1. The van der Waals surface area contributed by atoms with Crippen LogP contribution in [0.5, 0.6) is 5.75 Å². The van der Waals surface area contributed by atoms with Crippen molar-refractivity contribution in [2.24, 2.45) is 0 Å². The number of nitrogens with zero attached hydrogens (tertiary/aromatic N) is 2. The van der Waals surface area contributed by atoms with Crippen molar-refractivity contribution in [3.05, 3.63) is 41.1 Å². The molecule has 5 heteroatoms. The fraction of sp³-hybridized carbons (Fsp3) is 0. The van der Waals surface area contributed by atoms with Crippen molar-refractivity contribution >= 4 is 37.5 Å². The Morgan fingerprint density at radius 3 is 2.94 bits per heavy atom. The van der Waals surface area contributed by atoms with Crippen molar-refractivity contribution in [1.82, 2.24) is 9.97 Å². The standard InChI is InChI=1S/C12H7BrN2OS/c13-9-6-14-4-3-8(9)12-15-10-2-1-7(16)5-11(10)17-12/h1-6,16H. The first-order chi connectivity index (χ1) is 8.24. The fourth-order valence-corrected chi connectivity index (χ4v) is 3.18. The molecule has 17 heavy (non-hydrogen) atoms. The van der Waals surface area contributed by atoms with Gasteiger partial charge in [-0.2, -0.15) is 0 Å². The number of phenols is 1. The van der Waals surface area contributed by atoms with E-state index in [0.29, 0.717) is 0 Å². The molecule has 3 rings (SSSR count). The van der Waals surface area contributed by atoms with Gasteiger partial charge in [-0.3, -0.25) is 4.98 Å². The van der Waals surface area contributed by atoms with Crippen LogP contribution in [0.15, 0.2) is 41.1 Å². The average molecular weight is 307 g/mol. The van der Waals surface area contributed by atoms with Crippen LogP contribution in [0.4, 0.5) is 0 Å². The maximum Gasteiger partial charge on any atom is 0.125 e. The maximum atomic E-state index is 9.42. The highest BCUT2D eigenvalue weighted by molar-refractivity contribution is 9.10. The molecule has 0 aliphatic rings. The zero-order valence-electron chi connectivity index (χ0n) is 8.59. The highest BCUT2D eigenvalue weighted by Gasteiger charge is 2.09. The Labute approximate surface area is 110 Å². The molecule has 2 heterocycles.